The first-order chi connectivity index (χ1) is 10.1. The second kappa shape index (κ2) is 7.05. The molecule has 1 aliphatic rings. The van der Waals surface area contributed by atoms with Crippen LogP contribution in [0.1, 0.15) is 38.5 Å². The number of carbonyl (C=O) groups excluding carboxylic acids is 1. The summed E-state index contributed by atoms with van der Waals surface area (Å²) in [6.45, 7) is 1.19. The van der Waals surface area contributed by atoms with Crippen molar-refractivity contribution in [3.05, 3.63) is 12.4 Å². The van der Waals surface area contributed by atoms with Crippen LogP contribution in [0.5, 0.6) is 0 Å². The average molecular weight is 295 g/mol. The van der Waals surface area contributed by atoms with E-state index < -0.39 is 11.5 Å². The van der Waals surface area contributed by atoms with Gasteiger partial charge in [-0.3, -0.25) is 9.48 Å². The van der Waals surface area contributed by atoms with Crippen LogP contribution >= 0.6 is 0 Å². The first-order valence-electron chi connectivity index (χ1n) is 7.22. The Morgan fingerprint density at radius 2 is 2.10 bits per heavy atom. The molecule has 0 aromatic carbocycles. The van der Waals surface area contributed by atoms with Crippen LogP contribution < -0.4 is 10.6 Å². The van der Waals surface area contributed by atoms with Crippen molar-refractivity contribution >= 4 is 12.0 Å². The maximum atomic E-state index is 11.9. The van der Waals surface area contributed by atoms with Gasteiger partial charge in [0.05, 0.1) is 18.2 Å². The molecule has 116 valence electrons. The predicted octanol–water partition coefficient (Wildman–Crippen LogP) is 0.755. The van der Waals surface area contributed by atoms with Gasteiger partial charge in [0, 0.05) is 19.3 Å². The summed E-state index contributed by atoms with van der Waals surface area (Å²) >= 11 is 0. The van der Waals surface area contributed by atoms with Crippen molar-refractivity contribution < 1.29 is 14.7 Å². The van der Waals surface area contributed by atoms with Gasteiger partial charge in [-0.2, -0.15) is 0 Å². The van der Waals surface area contributed by atoms with Gasteiger partial charge in [-0.1, -0.05) is 18.1 Å². The molecule has 1 fully saturated rings. The average Bonchev–Trinajstić information content (AvgIpc) is 3.06. The van der Waals surface area contributed by atoms with Gasteiger partial charge in [0.15, 0.2) is 0 Å². The molecular formula is C13H21N5O3. The Labute approximate surface area is 122 Å². The van der Waals surface area contributed by atoms with Gasteiger partial charge in [-0.15, -0.1) is 5.10 Å². The van der Waals surface area contributed by atoms with E-state index in [0.29, 0.717) is 13.1 Å². The standard InChI is InChI=1S/C13H21N5O3/c19-11(20)10-13(4-1-2-5-13)16-12(21)14-6-3-8-18-9-7-15-17-18/h7,9H,1-6,8,10H2,(H,19,20)(H2,14,16,21). The molecule has 0 spiro atoms. The van der Waals surface area contributed by atoms with Crippen LogP contribution in [0.4, 0.5) is 4.79 Å². The van der Waals surface area contributed by atoms with E-state index in [9.17, 15) is 9.59 Å². The van der Waals surface area contributed by atoms with Crippen molar-refractivity contribution in [3.8, 4) is 0 Å². The van der Waals surface area contributed by atoms with Crippen molar-refractivity contribution in [1.29, 1.82) is 0 Å². The first kappa shape index (κ1) is 15.3. The summed E-state index contributed by atoms with van der Waals surface area (Å²) in [6, 6.07) is -0.295. The highest BCUT2D eigenvalue weighted by molar-refractivity contribution is 5.76. The maximum Gasteiger partial charge on any atom is 0.315 e. The Morgan fingerprint density at radius 1 is 1.33 bits per heavy atom. The lowest BCUT2D eigenvalue weighted by molar-refractivity contribution is -0.138. The second-order valence-corrected chi connectivity index (χ2v) is 5.46. The molecule has 8 nitrogen and oxygen atoms in total. The number of carboxylic acids is 1. The fourth-order valence-electron chi connectivity index (χ4n) is 2.77. The van der Waals surface area contributed by atoms with E-state index in [0.717, 1.165) is 32.1 Å². The third-order valence-electron chi connectivity index (χ3n) is 3.75. The number of carboxylic acid groups (broad SMARTS) is 1. The van der Waals surface area contributed by atoms with Crippen LogP contribution in [0, 0.1) is 0 Å². The van der Waals surface area contributed by atoms with Crippen molar-refractivity contribution in [2.24, 2.45) is 0 Å². The summed E-state index contributed by atoms with van der Waals surface area (Å²) in [6.07, 6.45) is 7.47. The Balaban J connectivity index is 1.71. The molecule has 1 aliphatic carbocycles. The molecule has 0 atom stereocenters. The van der Waals surface area contributed by atoms with E-state index in [1.165, 1.54) is 0 Å². The fraction of sp³-hybridized carbons (Fsp3) is 0.692. The van der Waals surface area contributed by atoms with Crippen molar-refractivity contribution in [1.82, 2.24) is 25.6 Å². The highest BCUT2D eigenvalue weighted by Crippen LogP contribution is 2.32. The van der Waals surface area contributed by atoms with Gasteiger partial charge in [0.1, 0.15) is 0 Å². The first-order valence-corrected chi connectivity index (χ1v) is 7.22. The molecule has 0 saturated heterocycles. The summed E-state index contributed by atoms with van der Waals surface area (Å²) in [5.41, 5.74) is -0.582. The Bertz CT molecular complexity index is 468. The largest absolute Gasteiger partial charge is 0.481 e. The van der Waals surface area contributed by atoms with Crippen LogP contribution in [0.3, 0.4) is 0 Å². The Kier molecular flexibility index (Phi) is 5.13. The van der Waals surface area contributed by atoms with Crippen molar-refractivity contribution in [2.45, 2.75) is 50.6 Å². The Hall–Kier alpha value is -2.12. The molecule has 0 aliphatic heterocycles. The smallest absolute Gasteiger partial charge is 0.315 e. The summed E-state index contributed by atoms with van der Waals surface area (Å²) < 4.78 is 1.70. The van der Waals surface area contributed by atoms with Gasteiger partial charge in [-0.05, 0) is 19.3 Å². The van der Waals surface area contributed by atoms with E-state index >= 15 is 0 Å². The molecule has 3 N–H and O–H groups in total. The molecule has 1 saturated carbocycles. The van der Waals surface area contributed by atoms with Crippen LogP contribution in [0.15, 0.2) is 12.4 Å². The summed E-state index contributed by atoms with van der Waals surface area (Å²) in [5.74, 6) is -0.872. The lowest BCUT2D eigenvalue weighted by Crippen LogP contribution is -2.51. The monoisotopic (exact) mass is 295 g/mol. The number of nitrogens with zero attached hydrogens (tertiary/aromatic N) is 3. The number of nitrogens with one attached hydrogen (secondary N) is 2. The fourth-order valence-corrected chi connectivity index (χ4v) is 2.77. The minimum Gasteiger partial charge on any atom is -0.481 e. The van der Waals surface area contributed by atoms with Gasteiger partial charge in [0.25, 0.3) is 0 Å². The summed E-state index contributed by atoms with van der Waals surface area (Å²) in [4.78, 5) is 22.8. The topological polar surface area (TPSA) is 109 Å². The number of rotatable bonds is 7. The zero-order valence-electron chi connectivity index (χ0n) is 11.9. The van der Waals surface area contributed by atoms with Gasteiger partial charge >= 0.3 is 12.0 Å². The van der Waals surface area contributed by atoms with Crippen molar-refractivity contribution in [2.75, 3.05) is 6.54 Å². The number of aryl methyl sites for hydroxylation is 1. The van der Waals surface area contributed by atoms with E-state index in [1.807, 2.05) is 0 Å². The molecule has 0 unspecified atom stereocenters. The highest BCUT2D eigenvalue weighted by Gasteiger charge is 2.37. The lowest BCUT2D eigenvalue weighted by atomic mass is 9.93. The Morgan fingerprint density at radius 3 is 2.71 bits per heavy atom. The van der Waals surface area contributed by atoms with Gasteiger partial charge in [0.2, 0.25) is 0 Å². The van der Waals surface area contributed by atoms with E-state index in [2.05, 4.69) is 20.9 Å². The van der Waals surface area contributed by atoms with Crippen LogP contribution in [0.2, 0.25) is 0 Å². The SMILES string of the molecule is O=C(O)CC1(NC(=O)NCCCn2ccnn2)CCCC1. The van der Waals surface area contributed by atoms with E-state index in [1.54, 1.807) is 17.1 Å². The third kappa shape index (κ3) is 4.73. The van der Waals surface area contributed by atoms with E-state index in [4.69, 9.17) is 5.11 Å². The molecule has 2 amide bonds. The number of aromatic nitrogens is 3. The molecule has 8 heteroatoms. The van der Waals surface area contributed by atoms with Crippen LogP contribution in [0.25, 0.3) is 0 Å². The second-order valence-electron chi connectivity index (χ2n) is 5.46. The number of hydrogen-bond acceptors (Lipinski definition) is 4. The van der Waals surface area contributed by atoms with Crippen LogP contribution in [-0.4, -0.2) is 44.2 Å². The maximum absolute atomic E-state index is 11.9. The predicted molar refractivity (Wildman–Crippen MR) is 74.6 cm³/mol. The minimum absolute atomic E-state index is 0.0145. The number of hydrogen-bond donors (Lipinski definition) is 3. The molecule has 1 aromatic heterocycles. The number of aliphatic carboxylic acids is 1. The molecule has 1 heterocycles. The van der Waals surface area contributed by atoms with E-state index in [-0.39, 0.29) is 12.5 Å². The zero-order valence-corrected chi connectivity index (χ0v) is 11.9. The number of amides is 2. The van der Waals surface area contributed by atoms with Crippen molar-refractivity contribution in [3.63, 3.8) is 0 Å². The van der Waals surface area contributed by atoms with Gasteiger partial charge < -0.3 is 15.7 Å². The van der Waals surface area contributed by atoms with Gasteiger partial charge in [-0.25, -0.2) is 4.79 Å². The number of urea groups is 1. The molecule has 0 bridgehead atoms. The molecule has 0 radical (unpaired) electrons. The molecule has 21 heavy (non-hydrogen) atoms. The minimum atomic E-state index is -0.872. The molecular weight excluding hydrogens is 274 g/mol. The normalized spacial score (nSPS) is 16.6. The molecule has 1 aromatic rings. The zero-order chi connectivity index (χ0) is 15.1. The summed E-state index contributed by atoms with van der Waals surface area (Å²) in [5, 5.41) is 22.1. The molecule has 2 rings (SSSR count). The quantitative estimate of drug-likeness (QED) is 0.643. The summed E-state index contributed by atoms with van der Waals surface area (Å²) in [7, 11) is 0. The third-order valence-corrected chi connectivity index (χ3v) is 3.75. The lowest BCUT2D eigenvalue weighted by Gasteiger charge is -2.28. The van der Waals surface area contributed by atoms with Crippen LogP contribution in [-0.2, 0) is 11.3 Å². The number of carbonyl (C=O) groups is 2. The highest BCUT2D eigenvalue weighted by atomic mass is 16.4.